The molecule has 0 aliphatic heterocycles. The van der Waals surface area contributed by atoms with E-state index in [9.17, 15) is 8.78 Å². The van der Waals surface area contributed by atoms with Gasteiger partial charge in [0.2, 0.25) is 0 Å². The fourth-order valence-electron chi connectivity index (χ4n) is 1.33. The smallest absolute Gasteiger partial charge is 0.173 e. The van der Waals surface area contributed by atoms with Crippen molar-refractivity contribution in [2.24, 2.45) is 0 Å². The van der Waals surface area contributed by atoms with E-state index in [1.165, 1.54) is 0 Å². The Bertz CT molecular complexity index is 522. The van der Waals surface area contributed by atoms with Gasteiger partial charge in [-0.15, -0.1) is 0 Å². The normalized spacial score (nSPS) is 10.4. The van der Waals surface area contributed by atoms with Crippen LogP contribution in [0.4, 0.5) is 26.1 Å². The second kappa shape index (κ2) is 3.80. The number of nitrogens with two attached hydrogens (primary N) is 1. The monoisotopic (exact) mass is 224 g/mol. The van der Waals surface area contributed by atoms with E-state index in [2.05, 4.69) is 15.3 Å². The van der Waals surface area contributed by atoms with E-state index in [1.54, 1.807) is 6.92 Å². The van der Waals surface area contributed by atoms with Gasteiger partial charge in [0.15, 0.2) is 5.82 Å². The summed E-state index contributed by atoms with van der Waals surface area (Å²) in [5, 5.41) is 2.62. The lowest BCUT2D eigenvalue weighted by molar-refractivity contribution is 0.603. The number of nitrogens with zero attached hydrogens (tertiary/aromatic N) is 1. The molecule has 0 unspecified atom stereocenters. The third-order valence-corrected chi connectivity index (χ3v) is 2.03. The maximum absolute atomic E-state index is 13.3. The number of benzene rings is 1. The summed E-state index contributed by atoms with van der Waals surface area (Å²) in [6.45, 7) is 1.71. The van der Waals surface area contributed by atoms with E-state index < -0.39 is 11.6 Å². The number of imidazole rings is 1. The minimum atomic E-state index is -0.568. The highest BCUT2D eigenvalue weighted by Gasteiger charge is 2.09. The summed E-state index contributed by atoms with van der Waals surface area (Å²) < 4.78 is 26.2. The standard InChI is InChI=1S/C10H10F2N4/c1-5-14-9(13)10(15-5)16-8-4-6(11)2-3-7(8)12/h2-4,16H,13H2,1H3,(H,14,15). The first-order chi connectivity index (χ1) is 7.56. The molecule has 0 bridgehead atoms. The van der Waals surface area contributed by atoms with Gasteiger partial charge in [0, 0.05) is 6.07 Å². The molecule has 16 heavy (non-hydrogen) atoms. The first-order valence-electron chi connectivity index (χ1n) is 4.60. The Morgan fingerprint density at radius 2 is 2.12 bits per heavy atom. The largest absolute Gasteiger partial charge is 0.382 e. The Balaban J connectivity index is 2.33. The van der Waals surface area contributed by atoms with Gasteiger partial charge in [0.1, 0.15) is 23.3 Å². The van der Waals surface area contributed by atoms with Crippen LogP contribution in [0.5, 0.6) is 0 Å². The van der Waals surface area contributed by atoms with Crippen molar-refractivity contribution in [3.8, 4) is 0 Å². The maximum Gasteiger partial charge on any atom is 0.173 e. The number of anilines is 3. The lowest BCUT2D eigenvalue weighted by Crippen LogP contribution is -1.98. The molecule has 0 saturated carbocycles. The molecule has 0 amide bonds. The van der Waals surface area contributed by atoms with Gasteiger partial charge in [-0.25, -0.2) is 13.8 Å². The molecule has 0 saturated heterocycles. The molecule has 4 nitrogen and oxygen atoms in total. The molecule has 0 atom stereocenters. The highest BCUT2D eigenvalue weighted by molar-refractivity contribution is 5.66. The molecular weight excluding hydrogens is 214 g/mol. The molecule has 2 rings (SSSR count). The number of nitrogens with one attached hydrogen (secondary N) is 2. The van der Waals surface area contributed by atoms with Crippen molar-refractivity contribution in [3.63, 3.8) is 0 Å². The average molecular weight is 224 g/mol. The summed E-state index contributed by atoms with van der Waals surface area (Å²) in [4.78, 5) is 6.75. The zero-order chi connectivity index (χ0) is 11.7. The van der Waals surface area contributed by atoms with Crippen molar-refractivity contribution >= 4 is 17.3 Å². The summed E-state index contributed by atoms with van der Waals surface area (Å²) in [5.74, 6) is 0.0520. The fourth-order valence-corrected chi connectivity index (χ4v) is 1.33. The number of aromatic nitrogens is 2. The number of aryl methyl sites for hydroxylation is 1. The van der Waals surface area contributed by atoms with Gasteiger partial charge in [-0.05, 0) is 19.1 Å². The molecule has 0 radical (unpaired) electrons. The molecule has 1 aromatic carbocycles. The second-order valence-corrected chi connectivity index (χ2v) is 3.33. The molecule has 4 N–H and O–H groups in total. The van der Waals surface area contributed by atoms with Gasteiger partial charge in [-0.2, -0.15) is 0 Å². The highest BCUT2D eigenvalue weighted by Crippen LogP contribution is 2.23. The van der Waals surface area contributed by atoms with Gasteiger partial charge in [-0.1, -0.05) is 0 Å². The molecule has 0 aliphatic rings. The minimum Gasteiger partial charge on any atom is -0.382 e. The first-order valence-corrected chi connectivity index (χ1v) is 4.60. The van der Waals surface area contributed by atoms with Crippen LogP contribution in [-0.2, 0) is 0 Å². The van der Waals surface area contributed by atoms with Gasteiger partial charge in [-0.3, -0.25) is 0 Å². The molecule has 0 spiro atoms. The summed E-state index contributed by atoms with van der Waals surface area (Å²) in [6, 6.07) is 3.12. The van der Waals surface area contributed by atoms with Crippen LogP contribution in [0.1, 0.15) is 5.82 Å². The molecule has 1 aromatic heterocycles. The molecule has 0 fully saturated rings. The molecule has 6 heteroatoms. The average Bonchev–Trinajstić information content (AvgIpc) is 2.51. The number of halogens is 2. The fraction of sp³-hybridized carbons (Fsp3) is 0.100. The van der Waals surface area contributed by atoms with E-state index in [1.807, 2.05) is 0 Å². The number of rotatable bonds is 2. The lowest BCUT2D eigenvalue weighted by atomic mass is 10.3. The number of nitrogen functional groups attached to an aromatic ring is 1. The maximum atomic E-state index is 13.3. The van der Waals surface area contributed by atoms with Gasteiger partial charge < -0.3 is 16.0 Å². The third-order valence-electron chi connectivity index (χ3n) is 2.03. The van der Waals surface area contributed by atoms with E-state index in [0.29, 0.717) is 5.82 Å². The molecule has 84 valence electrons. The second-order valence-electron chi connectivity index (χ2n) is 3.33. The number of hydrogen-bond acceptors (Lipinski definition) is 3. The predicted molar refractivity (Wildman–Crippen MR) is 57.4 cm³/mol. The topological polar surface area (TPSA) is 66.7 Å². The Kier molecular flexibility index (Phi) is 2.47. The minimum absolute atomic E-state index is 0.00167. The molecular formula is C10H10F2N4. The third kappa shape index (κ3) is 1.95. The predicted octanol–water partition coefficient (Wildman–Crippen LogP) is 2.32. The SMILES string of the molecule is Cc1nc(Nc2cc(F)ccc2F)c(N)[nH]1. The number of aromatic amines is 1. The number of hydrogen-bond donors (Lipinski definition) is 3. The van der Waals surface area contributed by atoms with Crippen molar-refractivity contribution in [3.05, 3.63) is 35.7 Å². The van der Waals surface area contributed by atoms with Crippen LogP contribution < -0.4 is 11.1 Å². The van der Waals surface area contributed by atoms with Crippen LogP contribution in [-0.4, -0.2) is 9.97 Å². The molecule has 1 heterocycles. The van der Waals surface area contributed by atoms with Crippen LogP contribution in [0.25, 0.3) is 0 Å². The van der Waals surface area contributed by atoms with Crippen LogP contribution in [0, 0.1) is 18.6 Å². The Labute approximate surface area is 90.5 Å². The zero-order valence-corrected chi connectivity index (χ0v) is 8.51. The number of H-pyrrole nitrogens is 1. The first kappa shape index (κ1) is 10.4. The molecule has 0 aliphatic carbocycles. The summed E-state index contributed by atoms with van der Waals surface area (Å²) in [5.41, 5.74) is 5.58. The van der Waals surface area contributed by atoms with Crippen LogP contribution in [0.3, 0.4) is 0 Å². The van der Waals surface area contributed by atoms with Gasteiger partial charge in [0.05, 0.1) is 5.69 Å². The van der Waals surface area contributed by atoms with Crippen molar-refractivity contribution in [2.45, 2.75) is 6.92 Å². The van der Waals surface area contributed by atoms with Crippen molar-refractivity contribution < 1.29 is 8.78 Å². The Morgan fingerprint density at radius 3 is 2.75 bits per heavy atom. The summed E-state index contributed by atoms with van der Waals surface area (Å²) in [7, 11) is 0. The summed E-state index contributed by atoms with van der Waals surface area (Å²) >= 11 is 0. The van der Waals surface area contributed by atoms with E-state index in [-0.39, 0.29) is 17.3 Å². The van der Waals surface area contributed by atoms with E-state index >= 15 is 0 Å². The van der Waals surface area contributed by atoms with Crippen molar-refractivity contribution in [2.75, 3.05) is 11.1 Å². The zero-order valence-electron chi connectivity index (χ0n) is 8.51. The van der Waals surface area contributed by atoms with E-state index in [4.69, 9.17) is 5.73 Å². The summed E-state index contributed by atoms with van der Waals surface area (Å²) in [6.07, 6.45) is 0. The lowest BCUT2D eigenvalue weighted by Gasteiger charge is -2.05. The highest BCUT2D eigenvalue weighted by atomic mass is 19.1. The molecule has 2 aromatic rings. The van der Waals surface area contributed by atoms with Crippen molar-refractivity contribution in [1.82, 2.24) is 9.97 Å². The quantitative estimate of drug-likeness (QED) is 0.733. The van der Waals surface area contributed by atoms with Crippen LogP contribution >= 0.6 is 0 Å². The Hall–Kier alpha value is -2.11. The van der Waals surface area contributed by atoms with E-state index in [0.717, 1.165) is 18.2 Å². The van der Waals surface area contributed by atoms with Crippen LogP contribution in [0.15, 0.2) is 18.2 Å². The van der Waals surface area contributed by atoms with Gasteiger partial charge in [0.25, 0.3) is 0 Å². The van der Waals surface area contributed by atoms with Crippen molar-refractivity contribution in [1.29, 1.82) is 0 Å². The van der Waals surface area contributed by atoms with Crippen LogP contribution in [0.2, 0.25) is 0 Å². The Morgan fingerprint density at radius 1 is 1.38 bits per heavy atom. The van der Waals surface area contributed by atoms with Gasteiger partial charge >= 0.3 is 0 Å².